The lowest BCUT2D eigenvalue weighted by molar-refractivity contribution is -0.000754. The van der Waals surface area contributed by atoms with Gasteiger partial charge in [-0.25, -0.2) is 0 Å². The second kappa shape index (κ2) is 5.78. The zero-order chi connectivity index (χ0) is 14.0. The maximum absolute atomic E-state index is 10.6. The first-order valence-corrected chi connectivity index (χ1v) is 7.36. The summed E-state index contributed by atoms with van der Waals surface area (Å²) >= 11 is 12.2. The van der Waals surface area contributed by atoms with Gasteiger partial charge in [0, 0.05) is 12.2 Å². The van der Waals surface area contributed by atoms with E-state index in [1.165, 1.54) is 6.42 Å². The second-order valence-corrected chi connectivity index (χ2v) is 6.45. The van der Waals surface area contributed by atoms with E-state index in [0.29, 0.717) is 33.9 Å². The lowest BCUT2D eigenvalue weighted by Gasteiger charge is -2.36. The Kier molecular flexibility index (Phi) is 4.49. The number of halogens is 2. The van der Waals surface area contributed by atoms with Gasteiger partial charge in [-0.15, -0.1) is 0 Å². The SMILES string of the molecule is CC1CCCC(O)(CNc2c(Cl)cc(N)cc2Cl)C1. The van der Waals surface area contributed by atoms with Crippen molar-refractivity contribution in [3.8, 4) is 0 Å². The van der Waals surface area contributed by atoms with Crippen molar-refractivity contribution >= 4 is 34.6 Å². The van der Waals surface area contributed by atoms with Crippen LogP contribution in [0.3, 0.4) is 0 Å². The Balaban J connectivity index is 2.06. The van der Waals surface area contributed by atoms with Crippen molar-refractivity contribution in [1.82, 2.24) is 0 Å². The molecule has 0 aromatic heterocycles. The van der Waals surface area contributed by atoms with Crippen LogP contribution in [0.4, 0.5) is 11.4 Å². The molecule has 0 amide bonds. The summed E-state index contributed by atoms with van der Waals surface area (Å²) in [4.78, 5) is 0. The van der Waals surface area contributed by atoms with Gasteiger partial charge in [-0.2, -0.15) is 0 Å². The van der Waals surface area contributed by atoms with Crippen LogP contribution in [0.15, 0.2) is 12.1 Å². The van der Waals surface area contributed by atoms with Gasteiger partial charge in [0.1, 0.15) is 0 Å². The summed E-state index contributed by atoms with van der Waals surface area (Å²) in [6.07, 6.45) is 3.87. The molecular formula is C14H20Cl2N2O. The normalized spacial score (nSPS) is 27.3. The standard InChI is InChI=1S/C14H20Cl2N2O/c1-9-3-2-4-14(19,7-9)8-18-13-11(15)5-10(17)6-12(13)16/h5-6,9,18-19H,2-4,7-8,17H2,1H3. The fourth-order valence-electron chi connectivity index (χ4n) is 2.81. The zero-order valence-electron chi connectivity index (χ0n) is 11.0. The predicted octanol–water partition coefficient (Wildman–Crippen LogP) is 3.93. The third-order valence-electron chi connectivity index (χ3n) is 3.73. The van der Waals surface area contributed by atoms with Gasteiger partial charge >= 0.3 is 0 Å². The highest BCUT2D eigenvalue weighted by molar-refractivity contribution is 6.39. The quantitative estimate of drug-likeness (QED) is 0.742. The molecule has 0 spiro atoms. The molecule has 1 fully saturated rings. The summed E-state index contributed by atoms with van der Waals surface area (Å²) in [7, 11) is 0. The lowest BCUT2D eigenvalue weighted by atomic mass is 9.79. The molecule has 0 bridgehead atoms. The van der Waals surface area contributed by atoms with Crippen molar-refractivity contribution in [2.24, 2.45) is 5.92 Å². The molecule has 0 saturated heterocycles. The van der Waals surface area contributed by atoms with E-state index in [4.69, 9.17) is 28.9 Å². The monoisotopic (exact) mass is 302 g/mol. The van der Waals surface area contributed by atoms with Crippen LogP contribution in [0.2, 0.25) is 10.0 Å². The van der Waals surface area contributed by atoms with Crippen molar-refractivity contribution in [3.63, 3.8) is 0 Å². The van der Waals surface area contributed by atoms with Crippen LogP contribution >= 0.6 is 23.2 Å². The molecule has 1 aromatic rings. The highest BCUT2D eigenvalue weighted by Gasteiger charge is 2.32. The molecule has 0 heterocycles. The van der Waals surface area contributed by atoms with Gasteiger partial charge in [0.25, 0.3) is 0 Å². The maximum atomic E-state index is 10.6. The molecular weight excluding hydrogens is 283 g/mol. The third kappa shape index (κ3) is 3.68. The molecule has 19 heavy (non-hydrogen) atoms. The first-order valence-electron chi connectivity index (χ1n) is 6.60. The smallest absolute Gasteiger partial charge is 0.0821 e. The molecule has 1 aliphatic carbocycles. The largest absolute Gasteiger partial charge is 0.399 e. The predicted molar refractivity (Wildman–Crippen MR) is 81.9 cm³/mol. The van der Waals surface area contributed by atoms with Crippen LogP contribution in [-0.4, -0.2) is 17.3 Å². The van der Waals surface area contributed by atoms with E-state index >= 15 is 0 Å². The molecule has 1 aromatic carbocycles. The topological polar surface area (TPSA) is 58.3 Å². The van der Waals surface area contributed by atoms with Crippen LogP contribution in [0, 0.1) is 5.92 Å². The minimum Gasteiger partial charge on any atom is -0.399 e. The molecule has 2 rings (SSSR count). The van der Waals surface area contributed by atoms with Crippen LogP contribution in [0.1, 0.15) is 32.6 Å². The third-order valence-corrected chi connectivity index (χ3v) is 4.32. The molecule has 3 nitrogen and oxygen atoms in total. The van der Waals surface area contributed by atoms with E-state index in [1.807, 2.05) is 0 Å². The van der Waals surface area contributed by atoms with Crippen LogP contribution < -0.4 is 11.1 Å². The molecule has 5 heteroatoms. The average Bonchev–Trinajstić information content (AvgIpc) is 2.26. The molecule has 0 radical (unpaired) electrons. The van der Waals surface area contributed by atoms with E-state index in [1.54, 1.807) is 12.1 Å². The van der Waals surface area contributed by atoms with E-state index in [2.05, 4.69) is 12.2 Å². The fourth-order valence-corrected chi connectivity index (χ4v) is 3.45. The van der Waals surface area contributed by atoms with Gasteiger partial charge in [0.15, 0.2) is 0 Å². The van der Waals surface area contributed by atoms with Crippen molar-refractivity contribution < 1.29 is 5.11 Å². The first-order chi connectivity index (χ1) is 8.89. The van der Waals surface area contributed by atoms with Gasteiger partial charge in [0.2, 0.25) is 0 Å². The molecule has 2 atom stereocenters. The van der Waals surface area contributed by atoms with Gasteiger partial charge in [-0.3, -0.25) is 0 Å². The summed E-state index contributed by atoms with van der Waals surface area (Å²) < 4.78 is 0. The maximum Gasteiger partial charge on any atom is 0.0821 e. The molecule has 106 valence electrons. The summed E-state index contributed by atoms with van der Waals surface area (Å²) in [5, 5.41) is 14.7. The van der Waals surface area contributed by atoms with E-state index in [0.717, 1.165) is 19.3 Å². The minimum atomic E-state index is -0.675. The number of anilines is 2. The Hall–Kier alpha value is -0.640. The highest BCUT2D eigenvalue weighted by atomic mass is 35.5. The average molecular weight is 303 g/mol. The number of benzene rings is 1. The number of aliphatic hydroxyl groups is 1. The van der Waals surface area contributed by atoms with Crippen molar-refractivity contribution in [3.05, 3.63) is 22.2 Å². The summed E-state index contributed by atoms with van der Waals surface area (Å²) in [6, 6.07) is 3.31. The Morgan fingerprint density at radius 3 is 2.63 bits per heavy atom. The van der Waals surface area contributed by atoms with Gasteiger partial charge in [-0.1, -0.05) is 43.0 Å². The van der Waals surface area contributed by atoms with E-state index < -0.39 is 5.60 Å². The number of rotatable bonds is 3. The molecule has 1 aliphatic rings. The van der Waals surface area contributed by atoms with Crippen LogP contribution in [0.5, 0.6) is 0 Å². The summed E-state index contributed by atoms with van der Waals surface area (Å²) in [5.41, 5.74) is 6.17. The van der Waals surface area contributed by atoms with Gasteiger partial charge < -0.3 is 16.2 Å². The Morgan fingerprint density at radius 2 is 2.05 bits per heavy atom. The van der Waals surface area contributed by atoms with Crippen LogP contribution in [0.25, 0.3) is 0 Å². The highest BCUT2D eigenvalue weighted by Crippen LogP contribution is 2.36. The van der Waals surface area contributed by atoms with Gasteiger partial charge in [-0.05, 0) is 30.9 Å². The summed E-state index contributed by atoms with van der Waals surface area (Å²) in [6.45, 7) is 2.63. The molecule has 1 saturated carbocycles. The number of nitrogen functional groups attached to an aromatic ring is 1. The Bertz CT molecular complexity index is 444. The van der Waals surface area contributed by atoms with Crippen molar-refractivity contribution in [1.29, 1.82) is 0 Å². The van der Waals surface area contributed by atoms with Crippen molar-refractivity contribution in [2.75, 3.05) is 17.6 Å². The Morgan fingerprint density at radius 1 is 1.42 bits per heavy atom. The number of nitrogens with one attached hydrogen (secondary N) is 1. The molecule has 2 unspecified atom stereocenters. The van der Waals surface area contributed by atoms with E-state index in [9.17, 15) is 5.11 Å². The minimum absolute atomic E-state index is 0.459. The molecule has 0 aliphatic heterocycles. The van der Waals surface area contributed by atoms with E-state index in [-0.39, 0.29) is 0 Å². The molecule has 4 N–H and O–H groups in total. The fraction of sp³-hybridized carbons (Fsp3) is 0.571. The number of hydrogen-bond acceptors (Lipinski definition) is 3. The van der Waals surface area contributed by atoms with Gasteiger partial charge in [0.05, 0.1) is 21.3 Å². The lowest BCUT2D eigenvalue weighted by Crippen LogP contribution is -2.41. The first kappa shape index (κ1) is 14.8. The van der Waals surface area contributed by atoms with Crippen LogP contribution in [-0.2, 0) is 0 Å². The zero-order valence-corrected chi connectivity index (χ0v) is 12.6. The summed E-state index contributed by atoms with van der Waals surface area (Å²) in [5.74, 6) is 0.554. The number of hydrogen-bond donors (Lipinski definition) is 3. The van der Waals surface area contributed by atoms with Crippen molar-refractivity contribution in [2.45, 2.75) is 38.2 Å². The number of nitrogens with two attached hydrogens (primary N) is 1. The second-order valence-electron chi connectivity index (χ2n) is 5.64. The Labute approximate surface area is 124 Å².